The number of nitrogens with zero attached hydrogens (tertiary/aromatic N) is 1. The summed E-state index contributed by atoms with van der Waals surface area (Å²) in [5, 5.41) is 9.34. The Labute approximate surface area is 105 Å². The molecule has 1 fully saturated rings. The number of rotatable bonds is 1. The van der Waals surface area contributed by atoms with Crippen molar-refractivity contribution in [3.8, 4) is 5.75 Å². The highest BCUT2D eigenvalue weighted by atomic mass is 16.3. The van der Waals surface area contributed by atoms with E-state index in [0.29, 0.717) is 11.7 Å². The van der Waals surface area contributed by atoms with E-state index >= 15 is 0 Å². The molecule has 0 amide bonds. The number of phenols is 1. The molecular formula is C15H25NO. The van der Waals surface area contributed by atoms with E-state index < -0.39 is 0 Å². The largest absolute Gasteiger partial charge is 0.508 e. The molecule has 2 nitrogen and oxygen atoms in total. The van der Waals surface area contributed by atoms with Crippen molar-refractivity contribution in [2.75, 3.05) is 21.1 Å². The fourth-order valence-electron chi connectivity index (χ4n) is 2.21. The van der Waals surface area contributed by atoms with E-state index in [1.807, 2.05) is 38.2 Å². The minimum absolute atomic E-state index is 0.406. The monoisotopic (exact) mass is 235 g/mol. The molecule has 2 heteroatoms. The zero-order valence-corrected chi connectivity index (χ0v) is 11.3. The Balaban J connectivity index is 0.000000317. The molecule has 1 saturated carbocycles. The van der Waals surface area contributed by atoms with Gasteiger partial charge < -0.3 is 10.0 Å². The van der Waals surface area contributed by atoms with E-state index in [1.165, 1.54) is 37.7 Å². The zero-order chi connectivity index (χ0) is 12.7. The van der Waals surface area contributed by atoms with Crippen LogP contribution in [0.4, 0.5) is 0 Å². The van der Waals surface area contributed by atoms with Gasteiger partial charge in [0.2, 0.25) is 0 Å². The second-order valence-electron chi connectivity index (χ2n) is 5.27. The molecule has 0 saturated heterocycles. The minimum Gasteiger partial charge on any atom is -0.508 e. The summed E-state index contributed by atoms with van der Waals surface area (Å²) in [7, 11) is 6.00. The highest BCUT2D eigenvalue weighted by molar-refractivity contribution is 5.29. The summed E-state index contributed by atoms with van der Waals surface area (Å²) in [6, 6.07) is 7.73. The molecule has 0 heterocycles. The highest BCUT2D eigenvalue weighted by Gasteiger charge is 2.15. The fourth-order valence-corrected chi connectivity index (χ4v) is 2.21. The summed E-state index contributed by atoms with van der Waals surface area (Å²) in [5.41, 5.74) is 1.32. The lowest BCUT2D eigenvalue weighted by atomic mass is 9.84. The molecule has 1 aromatic rings. The molecule has 0 unspecified atom stereocenters. The average molecular weight is 235 g/mol. The number of hydrogen-bond acceptors (Lipinski definition) is 2. The lowest BCUT2D eigenvalue weighted by Gasteiger charge is -2.21. The van der Waals surface area contributed by atoms with Gasteiger partial charge in [-0.05, 0) is 57.6 Å². The van der Waals surface area contributed by atoms with Gasteiger partial charge in [0.05, 0.1) is 0 Å². The Bertz CT molecular complexity index is 314. The molecule has 0 atom stereocenters. The summed E-state index contributed by atoms with van der Waals surface area (Å²) >= 11 is 0. The van der Waals surface area contributed by atoms with Gasteiger partial charge in [0, 0.05) is 0 Å². The van der Waals surface area contributed by atoms with Gasteiger partial charge in [-0.25, -0.2) is 0 Å². The third kappa shape index (κ3) is 5.73. The van der Waals surface area contributed by atoms with Gasteiger partial charge in [-0.1, -0.05) is 31.4 Å². The lowest BCUT2D eigenvalue weighted by Crippen LogP contribution is -2.03. The van der Waals surface area contributed by atoms with Gasteiger partial charge in [-0.2, -0.15) is 0 Å². The molecule has 2 rings (SSSR count). The molecule has 96 valence electrons. The highest BCUT2D eigenvalue weighted by Crippen LogP contribution is 2.33. The van der Waals surface area contributed by atoms with E-state index in [-0.39, 0.29) is 0 Å². The third-order valence-corrected chi connectivity index (χ3v) is 2.95. The van der Waals surface area contributed by atoms with Crippen molar-refractivity contribution in [1.29, 1.82) is 0 Å². The molecule has 0 aromatic heterocycles. The predicted molar refractivity (Wildman–Crippen MR) is 73.5 cm³/mol. The van der Waals surface area contributed by atoms with E-state index in [9.17, 15) is 5.11 Å². The van der Waals surface area contributed by atoms with Crippen LogP contribution in [-0.4, -0.2) is 31.1 Å². The average Bonchev–Trinajstić information content (AvgIpc) is 2.29. The summed E-state index contributed by atoms with van der Waals surface area (Å²) in [6.07, 6.45) is 6.67. The van der Waals surface area contributed by atoms with Gasteiger partial charge in [-0.15, -0.1) is 0 Å². The summed E-state index contributed by atoms with van der Waals surface area (Å²) < 4.78 is 0. The lowest BCUT2D eigenvalue weighted by molar-refractivity contribution is 0.438. The normalized spacial score (nSPS) is 16.5. The van der Waals surface area contributed by atoms with Crippen LogP contribution in [0.25, 0.3) is 0 Å². The van der Waals surface area contributed by atoms with Crippen LogP contribution in [0.2, 0.25) is 0 Å². The van der Waals surface area contributed by atoms with Crippen LogP contribution in [-0.2, 0) is 0 Å². The third-order valence-electron chi connectivity index (χ3n) is 2.95. The maximum absolute atomic E-state index is 9.34. The Morgan fingerprint density at radius 1 is 1.06 bits per heavy atom. The smallest absolute Gasteiger partial charge is 0.115 e. The molecule has 17 heavy (non-hydrogen) atoms. The summed E-state index contributed by atoms with van der Waals surface area (Å²) in [4.78, 5) is 2.00. The molecule has 0 bridgehead atoms. The molecule has 0 radical (unpaired) electrons. The molecule has 0 aliphatic heterocycles. The van der Waals surface area contributed by atoms with Crippen LogP contribution < -0.4 is 0 Å². The summed E-state index contributed by atoms with van der Waals surface area (Å²) in [6.45, 7) is 0. The maximum Gasteiger partial charge on any atom is 0.115 e. The van der Waals surface area contributed by atoms with Gasteiger partial charge in [0.15, 0.2) is 0 Å². The first-order valence-electron chi connectivity index (χ1n) is 6.49. The van der Waals surface area contributed by atoms with Crippen molar-refractivity contribution in [3.05, 3.63) is 29.8 Å². The van der Waals surface area contributed by atoms with Crippen molar-refractivity contribution in [2.24, 2.45) is 0 Å². The number of phenolic OH excluding ortho intramolecular Hbond substituents is 1. The van der Waals surface area contributed by atoms with Gasteiger partial charge >= 0.3 is 0 Å². The van der Waals surface area contributed by atoms with Crippen molar-refractivity contribution >= 4 is 0 Å². The van der Waals surface area contributed by atoms with Crippen molar-refractivity contribution in [2.45, 2.75) is 38.0 Å². The topological polar surface area (TPSA) is 23.5 Å². The zero-order valence-electron chi connectivity index (χ0n) is 11.3. The Kier molecular flexibility index (Phi) is 6.06. The quantitative estimate of drug-likeness (QED) is 0.803. The second kappa shape index (κ2) is 7.33. The number of aromatic hydroxyl groups is 1. The Morgan fingerprint density at radius 3 is 2.18 bits per heavy atom. The van der Waals surface area contributed by atoms with E-state index in [2.05, 4.69) is 6.07 Å². The first kappa shape index (κ1) is 14.0. The number of benzene rings is 1. The molecule has 0 spiro atoms. The summed E-state index contributed by atoms with van der Waals surface area (Å²) in [5.74, 6) is 1.10. The molecule has 1 aromatic carbocycles. The van der Waals surface area contributed by atoms with Crippen LogP contribution in [0.1, 0.15) is 43.6 Å². The maximum atomic E-state index is 9.34. The Hall–Kier alpha value is -1.02. The van der Waals surface area contributed by atoms with Crippen molar-refractivity contribution < 1.29 is 5.11 Å². The van der Waals surface area contributed by atoms with Gasteiger partial charge in [-0.3, -0.25) is 0 Å². The van der Waals surface area contributed by atoms with Crippen LogP contribution in [0.3, 0.4) is 0 Å². The first-order valence-corrected chi connectivity index (χ1v) is 6.49. The van der Waals surface area contributed by atoms with E-state index in [1.54, 1.807) is 6.07 Å². The van der Waals surface area contributed by atoms with Gasteiger partial charge in [0.25, 0.3) is 0 Å². The van der Waals surface area contributed by atoms with E-state index in [0.717, 1.165) is 0 Å². The predicted octanol–water partition coefficient (Wildman–Crippen LogP) is 3.62. The van der Waals surface area contributed by atoms with Crippen LogP contribution >= 0.6 is 0 Å². The SMILES string of the molecule is CN(C)C.Oc1cccc(C2CCCCC2)c1. The molecule has 1 aliphatic rings. The molecule has 1 N–H and O–H groups in total. The van der Waals surface area contributed by atoms with Gasteiger partial charge in [0.1, 0.15) is 5.75 Å². The van der Waals surface area contributed by atoms with Crippen molar-refractivity contribution in [1.82, 2.24) is 4.90 Å². The number of hydrogen-bond donors (Lipinski definition) is 1. The second-order valence-corrected chi connectivity index (χ2v) is 5.27. The van der Waals surface area contributed by atoms with Crippen molar-refractivity contribution in [3.63, 3.8) is 0 Å². The molecule has 1 aliphatic carbocycles. The van der Waals surface area contributed by atoms with Crippen LogP contribution in [0, 0.1) is 0 Å². The molecular weight excluding hydrogens is 210 g/mol. The first-order chi connectivity index (χ1) is 8.09. The fraction of sp³-hybridized carbons (Fsp3) is 0.600. The van der Waals surface area contributed by atoms with Crippen LogP contribution in [0.5, 0.6) is 5.75 Å². The minimum atomic E-state index is 0.406. The van der Waals surface area contributed by atoms with E-state index in [4.69, 9.17) is 0 Å². The Morgan fingerprint density at radius 2 is 1.65 bits per heavy atom. The standard InChI is InChI=1S/C12H16O.C3H9N/c13-12-8-4-7-11(9-12)10-5-2-1-3-6-10;1-4(2)3/h4,7-10,13H,1-3,5-6H2;1-3H3. The van der Waals surface area contributed by atoms with Crippen LogP contribution in [0.15, 0.2) is 24.3 Å².